The van der Waals surface area contributed by atoms with Crippen LogP contribution in [0.3, 0.4) is 0 Å². The van der Waals surface area contributed by atoms with Crippen molar-refractivity contribution in [2.75, 3.05) is 19.8 Å². The number of ether oxygens (including phenoxy) is 1. The van der Waals surface area contributed by atoms with Crippen molar-refractivity contribution in [2.24, 2.45) is 5.92 Å². The normalized spacial score (nSPS) is 11.9. The van der Waals surface area contributed by atoms with Crippen LogP contribution in [0.25, 0.3) is 0 Å². The number of nitrogens with one attached hydrogen (secondary N) is 1. The first-order chi connectivity index (χ1) is 9.15. The maximum absolute atomic E-state index is 10.9. The van der Waals surface area contributed by atoms with E-state index in [9.17, 15) is 9.90 Å². The highest BCUT2D eigenvalue weighted by molar-refractivity contribution is 5.72. The van der Waals surface area contributed by atoms with Gasteiger partial charge in [-0.15, -0.1) is 0 Å². The largest absolute Gasteiger partial charge is 0.494 e. The minimum Gasteiger partial charge on any atom is -0.494 e. The van der Waals surface area contributed by atoms with Crippen LogP contribution in [-0.2, 0) is 11.2 Å². The van der Waals surface area contributed by atoms with Crippen LogP contribution in [0.1, 0.15) is 25.8 Å². The second-order valence-electron chi connectivity index (χ2n) is 4.69. The minimum atomic E-state index is -0.0709. The summed E-state index contributed by atoms with van der Waals surface area (Å²) in [5.41, 5.74) is 1.11. The fraction of sp³-hybridized carbons (Fsp3) is 0.533. The van der Waals surface area contributed by atoms with E-state index in [-0.39, 0.29) is 18.4 Å². The van der Waals surface area contributed by atoms with Gasteiger partial charge in [0.05, 0.1) is 6.61 Å². The van der Waals surface area contributed by atoms with Gasteiger partial charge in [-0.3, -0.25) is 4.79 Å². The van der Waals surface area contributed by atoms with Gasteiger partial charge in [0.1, 0.15) is 5.75 Å². The molecule has 1 unspecified atom stereocenters. The maximum Gasteiger partial charge on any atom is 0.216 e. The molecule has 4 heteroatoms. The van der Waals surface area contributed by atoms with E-state index < -0.39 is 0 Å². The van der Waals surface area contributed by atoms with Gasteiger partial charge in [0, 0.05) is 26.0 Å². The third-order valence-electron chi connectivity index (χ3n) is 2.79. The summed E-state index contributed by atoms with van der Waals surface area (Å²) < 4.78 is 5.58. The predicted molar refractivity (Wildman–Crippen MR) is 75.2 cm³/mol. The molecule has 106 valence electrons. The number of amides is 1. The zero-order valence-electron chi connectivity index (χ0n) is 11.7. The van der Waals surface area contributed by atoms with Crippen LogP contribution in [0.5, 0.6) is 5.75 Å². The van der Waals surface area contributed by atoms with Crippen molar-refractivity contribution in [3.8, 4) is 5.75 Å². The van der Waals surface area contributed by atoms with Crippen molar-refractivity contribution in [3.63, 3.8) is 0 Å². The van der Waals surface area contributed by atoms with Crippen LogP contribution in [0.15, 0.2) is 24.3 Å². The first-order valence-electron chi connectivity index (χ1n) is 6.72. The fourth-order valence-electron chi connectivity index (χ4n) is 1.80. The molecule has 0 bridgehead atoms. The number of benzene rings is 1. The molecule has 1 amide bonds. The minimum absolute atomic E-state index is 0.0327. The lowest BCUT2D eigenvalue weighted by molar-refractivity contribution is -0.119. The first-order valence-corrected chi connectivity index (χ1v) is 6.72. The maximum atomic E-state index is 10.9. The van der Waals surface area contributed by atoms with Crippen molar-refractivity contribution in [1.29, 1.82) is 0 Å². The number of rotatable bonds is 8. The zero-order chi connectivity index (χ0) is 14.1. The van der Waals surface area contributed by atoms with E-state index in [4.69, 9.17) is 4.74 Å². The number of aliphatic hydroxyl groups is 1. The molecule has 0 radical (unpaired) electrons. The van der Waals surface area contributed by atoms with Crippen LogP contribution in [0.4, 0.5) is 0 Å². The number of hydrogen-bond donors (Lipinski definition) is 2. The summed E-state index contributed by atoms with van der Waals surface area (Å²) in [6.07, 6.45) is 1.70. The van der Waals surface area contributed by atoms with E-state index in [2.05, 4.69) is 12.2 Å². The molecule has 0 saturated carbocycles. The standard InChI is InChI=1S/C15H23NO3/c1-3-7-19-15-6-4-5-13(9-15)8-14(11-17)10-16-12(2)18/h4-6,9,14,17H,3,7-8,10-11H2,1-2H3,(H,16,18). The lowest BCUT2D eigenvalue weighted by atomic mass is 10.00. The second kappa shape index (κ2) is 8.53. The molecule has 0 saturated heterocycles. The Bertz CT molecular complexity index is 393. The molecule has 0 aromatic heterocycles. The topological polar surface area (TPSA) is 58.6 Å². The average molecular weight is 265 g/mol. The predicted octanol–water partition coefficient (Wildman–Crippen LogP) is 1.76. The van der Waals surface area contributed by atoms with Gasteiger partial charge < -0.3 is 15.2 Å². The van der Waals surface area contributed by atoms with Crippen LogP contribution in [0, 0.1) is 5.92 Å². The van der Waals surface area contributed by atoms with Gasteiger partial charge in [0.2, 0.25) is 5.91 Å². The highest BCUT2D eigenvalue weighted by Gasteiger charge is 2.09. The first kappa shape index (κ1) is 15.5. The van der Waals surface area contributed by atoms with Crippen LogP contribution in [-0.4, -0.2) is 30.8 Å². The Morgan fingerprint density at radius 3 is 2.89 bits per heavy atom. The van der Waals surface area contributed by atoms with Gasteiger partial charge >= 0.3 is 0 Å². The van der Waals surface area contributed by atoms with Crippen molar-refractivity contribution in [2.45, 2.75) is 26.7 Å². The average Bonchev–Trinajstić information content (AvgIpc) is 2.41. The van der Waals surface area contributed by atoms with Gasteiger partial charge in [0.15, 0.2) is 0 Å². The zero-order valence-corrected chi connectivity index (χ0v) is 11.7. The van der Waals surface area contributed by atoms with E-state index >= 15 is 0 Å². The summed E-state index contributed by atoms with van der Waals surface area (Å²) >= 11 is 0. The van der Waals surface area contributed by atoms with Gasteiger partial charge in [-0.1, -0.05) is 19.1 Å². The molecule has 1 atom stereocenters. The van der Waals surface area contributed by atoms with Gasteiger partial charge in [-0.25, -0.2) is 0 Å². The summed E-state index contributed by atoms with van der Waals surface area (Å²) in [5, 5.41) is 12.1. The fourth-order valence-corrected chi connectivity index (χ4v) is 1.80. The van der Waals surface area contributed by atoms with Crippen LogP contribution < -0.4 is 10.1 Å². The summed E-state index contributed by atoms with van der Waals surface area (Å²) in [5.74, 6) is 0.819. The molecule has 0 aliphatic rings. The van der Waals surface area contributed by atoms with E-state index in [0.717, 1.165) is 24.2 Å². The molecule has 4 nitrogen and oxygen atoms in total. The van der Waals surface area contributed by atoms with Crippen molar-refractivity contribution in [1.82, 2.24) is 5.32 Å². The highest BCUT2D eigenvalue weighted by Crippen LogP contribution is 2.16. The Hall–Kier alpha value is -1.55. The number of aliphatic hydroxyl groups excluding tert-OH is 1. The molecular weight excluding hydrogens is 242 g/mol. The molecular formula is C15H23NO3. The summed E-state index contributed by atoms with van der Waals surface area (Å²) in [6.45, 7) is 4.80. The van der Waals surface area contributed by atoms with E-state index in [1.807, 2.05) is 24.3 Å². The van der Waals surface area contributed by atoms with E-state index in [0.29, 0.717) is 13.2 Å². The smallest absolute Gasteiger partial charge is 0.216 e. The Morgan fingerprint density at radius 2 is 2.26 bits per heavy atom. The molecule has 0 fully saturated rings. The number of carbonyl (C=O) groups is 1. The van der Waals surface area contributed by atoms with Crippen LogP contribution >= 0.6 is 0 Å². The molecule has 0 aliphatic carbocycles. The van der Waals surface area contributed by atoms with Crippen LogP contribution in [0.2, 0.25) is 0 Å². The third kappa shape index (κ3) is 6.25. The highest BCUT2D eigenvalue weighted by atomic mass is 16.5. The van der Waals surface area contributed by atoms with E-state index in [1.165, 1.54) is 6.92 Å². The number of carbonyl (C=O) groups excluding carboxylic acids is 1. The Labute approximate surface area is 114 Å². The molecule has 1 aromatic rings. The summed E-state index contributed by atoms with van der Waals surface area (Å²) in [4.78, 5) is 10.9. The van der Waals surface area contributed by atoms with Gasteiger partial charge in [-0.2, -0.15) is 0 Å². The second-order valence-corrected chi connectivity index (χ2v) is 4.69. The molecule has 1 rings (SSSR count). The monoisotopic (exact) mass is 265 g/mol. The summed E-state index contributed by atoms with van der Waals surface area (Å²) in [6, 6.07) is 7.88. The van der Waals surface area contributed by atoms with Gasteiger partial charge in [-0.05, 0) is 30.5 Å². The molecule has 0 aliphatic heterocycles. The third-order valence-corrected chi connectivity index (χ3v) is 2.79. The molecule has 1 aromatic carbocycles. The van der Waals surface area contributed by atoms with Crippen molar-refractivity contribution in [3.05, 3.63) is 29.8 Å². The molecule has 2 N–H and O–H groups in total. The Kier molecular flexibility index (Phi) is 6.97. The lowest BCUT2D eigenvalue weighted by Gasteiger charge is -2.15. The number of hydrogen-bond acceptors (Lipinski definition) is 3. The summed E-state index contributed by atoms with van der Waals surface area (Å²) in [7, 11) is 0. The van der Waals surface area contributed by atoms with Crippen molar-refractivity contribution >= 4 is 5.91 Å². The molecule has 19 heavy (non-hydrogen) atoms. The van der Waals surface area contributed by atoms with E-state index in [1.54, 1.807) is 0 Å². The molecule has 0 heterocycles. The SMILES string of the molecule is CCCOc1cccc(CC(CO)CNC(C)=O)c1. The Balaban J connectivity index is 2.55. The van der Waals surface area contributed by atoms with Gasteiger partial charge in [0.25, 0.3) is 0 Å². The molecule has 0 spiro atoms. The lowest BCUT2D eigenvalue weighted by Crippen LogP contribution is -2.30. The quantitative estimate of drug-likeness (QED) is 0.753. The Morgan fingerprint density at radius 1 is 1.47 bits per heavy atom. The van der Waals surface area contributed by atoms with Crippen molar-refractivity contribution < 1.29 is 14.6 Å².